The summed E-state index contributed by atoms with van der Waals surface area (Å²) in [4.78, 5) is 28.6. The highest BCUT2D eigenvalue weighted by Crippen LogP contribution is 2.33. The van der Waals surface area contributed by atoms with Crippen molar-refractivity contribution >= 4 is 29.1 Å². The zero-order chi connectivity index (χ0) is 19.0. The van der Waals surface area contributed by atoms with Crippen LogP contribution >= 0.6 is 11.6 Å². The minimum atomic E-state index is -0.570. The second-order valence-electron chi connectivity index (χ2n) is 7.11. The fraction of sp³-hybridized carbons (Fsp3) is 0.333. The number of benzene rings is 2. The first-order valence-electron chi connectivity index (χ1n) is 9.15. The second kappa shape index (κ2) is 7.41. The van der Waals surface area contributed by atoms with Crippen molar-refractivity contribution in [2.45, 2.75) is 31.2 Å². The molecular formula is C21H20ClFN2O2. The summed E-state index contributed by atoms with van der Waals surface area (Å²) >= 11 is 5.81. The predicted octanol–water partition coefficient (Wildman–Crippen LogP) is 3.99. The van der Waals surface area contributed by atoms with E-state index in [4.69, 9.17) is 11.6 Å². The molecule has 6 heteroatoms. The summed E-state index contributed by atoms with van der Waals surface area (Å²) in [6.45, 7) is 1.56. The Bertz CT molecular complexity index is 866. The summed E-state index contributed by atoms with van der Waals surface area (Å²) in [7, 11) is 0. The van der Waals surface area contributed by atoms with E-state index in [0.29, 0.717) is 11.6 Å². The standard InChI is InChI=1S/C21H20ClFN2O2/c22-17-12-16(6-7-18(17)23)25-20(26)13-19(21(25)27)24-10-8-15(9-11-24)14-4-2-1-3-5-14/h1-7,12,15,19H,8-11,13H2. The van der Waals surface area contributed by atoms with Gasteiger partial charge in [0.1, 0.15) is 5.82 Å². The van der Waals surface area contributed by atoms with Gasteiger partial charge in [-0.2, -0.15) is 0 Å². The Hall–Kier alpha value is -2.24. The van der Waals surface area contributed by atoms with Gasteiger partial charge in [-0.25, -0.2) is 9.29 Å². The van der Waals surface area contributed by atoms with Gasteiger partial charge in [0.15, 0.2) is 0 Å². The van der Waals surface area contributed by atoms with Crippen LogP contribution in [0, 0.1) is 5.82 Å². The molecule has 0 bridgehead atoms. The lowest BCUT2D eigenvalue weighted by atomic mass is 9.89. The van der Waals surface area contributed by atoms with Gasteiger partial charge in [-0.15, -0.1) is 0 Å². The van der Waals surface area contributed by atoms with Crippen LogP contribution in [0.3, 0.4) is 0 Å². The first-order chi connectivity index (χ1) is 13.0. The quantitative estimate of drug-likeness (QED) is 0.749. The average molecular weight is 387 g/mol. The van der Waals surface area contributed by atoms with Gasteiger partial charge in [-0.3, -0.25) is 14.5 Å². The minimum absolute atomic E-state index is 0.0970. The highest BCUT2D eigenvalue weighted by Gasteiger charge is 2.43. The number of nitrogens with zero attached hydrogens (tertiary/aromatic N) is 2. The Morgan fingerprint density at radius 1 is 1.00 bits per heavy atom. The molecule has 27 heavy (non-hydrogen) atoms. The summed E-state index contributed by atoms with van der Waals surface area (Å²) in [6.07, 6.45) is 2.08. The van der Waals surface area contributed by atoms with E-state index in [1.165, 1.54) is 23.8 Å². The third-order valence-corrected chi connectivity index (χ3v) is 5.82. The van der Waals surface area contributed by atoms with Crippen LogP contribution in [0.5, 0.6) is 0 Å². The van der Waals surface area contributed by atoms with Gasteiger partial charge < -0.3 is 0 Å². The van der Waals surface area contributed by atoms with E-state index >= 15 is 0 Å². The van der Waals surface area contributed by atoms with E-state index in [0.717, 1.165) is 30.8 Å². The Morgan fingerprint density at radius 3 is 2.37 bits per heavy atom. The van der Waals surface area contributed by atoms with Crippen molar-refractivity contribution in [1.29, 1.82) is 0 Å². The normalized spacial score (nSPS) is 21.9. The second-order valence-corrected chi connectivity index (χ2v) is 7.51. The number of halogens is 2. The number of piperidine rings is 1. The van der Waals surface area contributed by atoms with Gasteiger partial charge in [0.2, 0.25) is 5.91 Å². The molecule has 1 atom stereocenters. The summed E-state index contributed by atoms with van der Waals surface area (Å²) in [5, 5.41) is -0.0970. The van der Waals surface area contributed by atoms with Gasteiger partial charge in [0.25, 0.3) is 5.91 Å². The summed E-state index contributed by atoms with van der Waals surface area (Å²) in [6, 6.07) is 13.9. The van der Waals surface area contributed by atoms with Crippen molar-refractivity contribution in [1.82, 2.24) is 4.90 Å². The largest absolute Gasteiger partial charge is 0.291 e. The van der Waals surface area contributed by atoms with E-state index < -0.39 is 11.9 Å². The maximum Gasteiger partial charge on any atom is 0.251 e. The number of hydrogen-bond donors (Lipinski definition) is 0. The van der Waals surface area contributed by atoms with Crippen molar-refractivity contribution in [3.63, 3.8) is 0 Å². The number of likely N-dealkylation sites (tertiary alicyclic amines) is 1. The maximum atomic E-state index is 13.4. The van der Waals surface area contributed by atoms with Crippen LogP contribution in [0.4, 0.5) is 10.1 Å². The number of anilines is 1. The fourth-order valence-electron chi connectivity index (χ4n) is 4.07. The van der Waals surface area contributed by atoms with Crippen LogP contribution in [-0.4, -0.2) is 35.8 Å². The summed E-state index contributed by atoms with van der Waals surface area (Å²) < 4.78 is 13.4. The maximum absolute atomic E-state index is 13.4. The molecule has 0 aliphatic carbocycles. The molecule has 1 unspecified atom stereocenters. The summed E-state index contributed by atoms with van der Waals surface area (Å²) in [5.74, 6) is -0.598. The highest BCUT2D eigenvalue weighted by molar-refractivity contribution is 6.31. The number of hydrogen-bond acceptors (Lipinski definition) is 3. The Balaban J connectivity index is 1.45. The third-order valence-electron chi connectivity index (χ3n) is 5.53. The SMILES string of the molecule is O=C1CC(N2CCC(c3ccccc3)CC2)C(=O)N1c1ccc(F)c(Cl)c1. The molecule has 140 valence electrons. The summed E-state index contributed by atoms with van der Waals surface area (Å²) in [5.41, 5.74) is 1.66. The molecule has 2 aliphatic heterocycles. The van der Waals surface area contributed by atoms with Crippen LogP contribution in [0.2, 0.25) is 5.02 Å². The first-order valence-corrected chi connectivity index (χ1v) is 9.53. The van der Waals surface area contributed by atoms with Crippen molar-refractivity contribution in [2.75, 3.05) is 18.0 Å². The van der Waals surface area contributed by atoms with Crippen LogP contribution in [0.1, 0.15) is 30.7 Å². The van der Waals surface area contributed by atoms with Crippen LogP contribution in [0.25, 0.3) is 0 Å². The zero-order valence-electron chi connectivity index (χ0n) is 14.8. The average Bonchev–Trinajstić information content (AvgIpc) is 2.99. The molecule has 2 aromatic rings. The van der Waals surface area contributed by atoms with Gasteiger partial charge in [-0.1, -0.05) is 41.9 Å². The number of imide groups is 1. The van der Waals surface area contributed by atoms with Crippen molar-refractivity contribution in [2.24, 2.45) is 0 Å². The van der Waals surface area contributed by atoms with Gasteiger partial charge >= 0.3 is 0 Å². The van der Waals surface area contributed by atoms with E-state index in [9.17, 15) is 14.0 Å². The van der Waals surface area contributed by atoms with Gasteiger partial charge in [-0.05, 0) is 55.6 Å². The topological polar surface area (TPSA) is 40.6 Å². The molecule has 0 saturated carbocycles. The van der Waals surface area contributed by atoms with Crippen LogP contribution < -0.4 is 4.90 Å². The smallest absolute Gasteiger partial charge is 0.251 e. The molecule has 2 amide bonds. The number of carbonyl (C=O) groups is 2. The highest BCUT2D eigenvalue weighted by atomic mass is 35.5. The molecular weight excluding hydrogens is 367 g/mol. The Labute approximate surface area is 162 Å². The Kier molecular flexibility index (Phi) is 4.98. The van der Waals surface area contributed by atoms with E-state index in [1.807, 2.05) is 18.2 Å². The number of rotatable bonds is 3. The van der Waals surface area contributed by atoms with Crippen molar-refractivity contribution < 1.29 is 14.0 Å². The number of amides is 2. The fourth-order valence-corrected chi connectivity index (χ4v) is 4.24. The predicted molar refractivity (Wildman–Crippen MR) is 102 cm³/mol. The molecule has 2 fully saturated rings. The zero-order valence-corrected chi connectivity index (χ0v) is 15.5. The molecule has 2 aliphatic rings. The molecule has 4 nitrogen and oxygen atoms in total. The van der Waals surface area contributed by atoms with Crippen LogP contribution in [0.15, 0.2) is 48.5 Å². The molecule has 0 spiro atoms. The van der Waals surface area contributed by atoms with E-state index in [2.05, 4.69) is 17.0 Å². The molecule has 2 saturated heterocycles. The van der Waals surface area contributed by atoms with E-state index in [1.54, 1.807) is 0 Å². The van der Waals surface area contributed by atoms with Crippen molar-refractivity contribution in [3.8, 4) is 0 Å². The molecule has 2 aromatic carbocycles. The molecule has 0 N–H and O–H groups in total. The van der Waals surface area contributed by atoms with Gasteiger partial charge in [0, 0.05) is 0 Å². The molecule has 4 rings (SSSR count). The van der Waals surface area contributed by atoms with E-state index in [-0.39, 0.29) is 23.3 Å². The van der Waals surface area contributed by atoms with Crippen molar-refractivity contribution in [3.05, 3.63) is 64.9 Å². The Morgan fingerprint density at radius 2 is 1.70 bits per heavy atom. The monoisotopic (exact) mass is 386 g/mol. The lowest BCUT2D eigenvalue weighted by Crippen LogP contribution is -2.45. The third kappa shape index (κ3) is 3.49. The molecule has 0 radical (unpaired) electrons. The minimum Gasteiger partial charge on any atom is -0.291 e. The van der Waals surface area contributed by atoms with Gasteiger partial charge in [0.05, 0.1) is 23.2 Å². The van der Waals surface area contributed by atoms with Crippen LogP contribution in [-0.2, 0) is 9.59 Å². The lowest BCUT2D eigenvalue weighted by molar-refractivity contribution is -0.123. The number of carbonyl (C=O) groups excluding carboxylic acids is 2. The lowest BCUT2D eigenvalue weighted by Gasteiger charge is -2.35. The molecule has 2 heterocycles. The first kappa shape index (κ1) is 18.1. The molecule has 0 aromatic heterocycles.